The van der Waals surface area contributed by atoms with Gasteiger partial charge in [0.15, 0.2) is 0 Å². The highest BCUT2D eigenvalue weighted by Gasteiger charge is 2.16. The predicted molar refractivity (Wildman–Crippen MR) is 178 cm³/mol. The molecule has 0 aliphatic carbocycles. The molecule has 0 saturated heterocycles. The van der Waals surface area contributed by atoms with E-state index in [1.54, 1.807) is 31.2 Å². The Balaban J connectivity index is 1.28. The highest BCUT2D eigenvalue weighted by molar-refractivity contribution is 7.92. The molecule has 46 heavy (non-hydrogen) atoms. The zero-order valence-electron chi connectivity index (χ0n) is 26.2. The van der Waals surface area contributed by atoms with E-state index in [9.17, 15) is 18.3 Å². The van der Waals surface area contributed by atoms with Crippen molar-refractivity contribution in [2.24, 2.45) is 0 Å². The molecule has 3 N–H and O–H groups in total. The Morgan fingerprint density at radius 2 is 1.57 bits per heavy atom. The van der Waals surface area contributed by atoms with Crippen LogP contribution in [0.3, 0.4) is 0 Å². The first kappa shape index (κ1) is 34.3. The lowest BCUT2D eigenvalue weighted by Gasteiger charge is -2.17. The van der Waals surface area contributed by atoms with Gasteiger partial charge in [0.05, 0.1) is 31.3 Å². The molecule has 4 aromatic rings. The Morgan fingerprint density at radius 3 is 2.26 bits per heavy atom. The smallest absolute Gasteiger partial charge is 0.341 e. The molecule has 10 nitrogen and oxygen atoms in total. The third-order valence-electron chi connectivity index (χ3n) is 6.77. The van der Waals surface area contributed by atoms with Gasteiger partial charge in [-0.15, -0.1) is 0 Å². The van der Waals surface area contributed by atoms with Crippen molar-refractivity contribution in [3.63, 3.8) is 0 Å². The van der Waals surface area contributed by atoms with E-state index in [1.165, 1.54) is 0 Å². The number of nitrogens with one attached hydrogen (secondary N) is 2. The Morgan fingerprint density at radius 1 is 0.826 bits per heavy atom. The van der Waals surface area contributed by atoms with Crippen LogP contribution in [-0.4, -0.2) is 58.7 Å². The van der Waals surface area contributed by atoms with E-state index in [2.05, 4.69) is 10.0 Å². The Labute approximate surface area is 270 Å². The van der Waals surface area contributed by atoms with Crippen molar-refractivity contribution < 1.29 is 37.3 Å². The van der Waals surface area contributed by atoms with Gasteiger partial charge < -0.3 is 29.4 Å². The first-order valence-corrected chi connectivity index (χ1v) is 16.9. The maximum atomic E-state index is 12.3. The van der Waals surface area contributed by atoms with Crippen LogP contribution in [0.25, 0.3) is 11.1 Å². The van der Waals surface area contributed by atoms with Crippen molar-refractivity contribution >= 4 is 21.7 Å². The normalized spacial score (nSPS) is 11.8. The van der Waals surface area contributed by atoms with Gasteiger partial charge in [-0.3, -0.25) is 4.72 Å². The summed E-state index contributed by atoms with van der Waals surface area (Å²) in [5, 5.41) is 13.9. The number of ether oxygens (including phenoxy) is 4. The predicted octanol–water partition coefficient (Wildman–Crippen LogP) is 5.58. The van der Waals surface area contributed by atoms with Crippen LogP contribution < -0.4 is 24.2 Å². The second-order valence-corrected chi connectivity index (χ2v) is 12.1. The summed E-state index contributed by atoms with van der Waals surface area (Å²) in [7, 11) is -3.57. The van der Waals surface area contributed by atoms with Crippen molar-refractivity contribution in [3.05, 3.63) is 108 Å². The van der Waals surface area contributed by atoms with Gasteiger partial charge in [0.1, 0.15) is 36.0 Å². The summed E-state index contributed by atoms with van der Waals surface area (Å²) in [6, 6.07) is 27.4. The van der Waals surface area contributed by atoms with Gasteiger partial charge in [-0.25, -0.2) is 13.2 Å². The molecule has 1 atom stereocenters. The number of carbonyl (C=O) groups is 1. The summed E-state index contributed by atoms with van der Waals surface area (Å²) >= 11 is 0. The lowest BCUT2D eigenvalue weighted by molar-refractivity contribution is 0.0522. The number of anilines is 1. The summed E-state index contributed by atoms with van der Waals surface area (Å²) in [6.45, 7) is 5.66. The number of hydrogen-bond donors (Lipinski definition) is 3. The summed E-state index contributed by atoms with van der Waals surface area (Å²) in [6.07, 6.45) is 0.175. The number of hydrogen-bond acceptors (Lipinski definition) is 9. The van der Waals surface area contributed by atoms with E-state index in [-0.39, 0.29) is 25.4 Å². The standard InChI is InChI=1S/C35H40N2O8S/c1-4-42-34-22-27(13-17-30(34)35(39)43-5-2)26-11-15-29(16-12-26)44-20-19-36-23-32(38)28-14-18-33(31(21-28)37-46(3,40)41)45-24-25-9-7-6-8-10-25/h6-18,21-22,32,36-38H,4-5,19-20,23-24H2,1-3H3/t32-/m1/s1. The highest BCUT2D eigenvalue weighted by Crippen LogP contribution is 2.31. The molecule has 0 spiro atoms. The van der Waals surface area contributed by atoms with E-state index < -0.39 is 22.1 Å². The number of carbonyl (C=O) groups excluding carboxylic acids is 1. The van der Waals surface area contributed by atoms with E-state index in [0.717, 1.165) is 22.9 Å². The molecular formula is C35H40N2O8S. The second-order valence-electron chi connectivity index (χ2n) is 10.4. The minimum atomic E-state index is -3.57. The molecule has 0 aliphatic rings. The average Bonchev–Trinajstić information content (AvgIpc) is 3.04. The first-order chi connectivity index (χ1) is 22.2. The van der Waals surface area contributed by atoms with Crippen LogP contribution in [0.15, 0.2) is 91.0 Å². The fraction of sp³-hybridized carbons (Fsp3) is 0.286. The molecule has 0 unspecified atom stereocenters. The molecule has 0 saturated carbocycles. The number of aliphatic hydroxyl groups is 1. The van der Waals surface area contributed by atoms with Gasteiger partial charge in [-0.1, -0.05) is 54.6 Å². The molecule has 0 amide bonds. The number of rotatable bonds is 17. The number of sulfonamides is 1. The summed E-state index contributed by atoms with van der Waals surface area (Å²) < 4.78 is 49.0. The van der Waals surface area contributed by atoms with Gasteiger partial charge in [0, 0.05) is 13.1 Å². The lowest BCUT2D eigenvalue weighted by Crippen LogP contribution is -2.26. The zero-order chi connectivity index (χ0) is 32.9. The quantitative estimate of drug-likeness (QED) is 0.0992. The van der Waals surface area contributed by atoms with Crippen LogP contribution >= 0.6 is 0 Å². The van der Waals surface area contributed by atoms with E-state index in [0.29, 0.717) is 48.1 Å². The lowest BCUT2D eigenvalue weighted by atomic mass is 10.0. The number of aliphatic hydroxyl groups excluding tert-OH is 1. The van der Waals surface area contributed by atoms with Gasteiger partial charge in [-0.05, 0) is 72.5 Å². The second kappa shape index (κ2) is 16.6. The van der Waals surface area contributed by atoms with Crippen molar-refractivity contribution in [2.75, 3.05) is 43.9 Å². The third kappa shape index (κ3) is 10.2. The fourth-order valence-corrected chi connectivity index (χ4v) is 5.15. The minimum absolute atomic E-state index is 0.231. The minimum Gasteiger partial charge on any atom is -0.493 e. The van der Waals surface area contributed by atoms with Crippen LogP contribution in [0.1, 0.15) is 41.4 Å². The van der Waals surface area contributed by atoms with Crippen LogP contribution in [0.5, 0.6) is 17.2 Å². The fourth-order valence-electron chi connectivity index (χ4n) is 4.59. The molecule has 0 radical (unpaired) electrons. The molecule has 0 aliphatic heterocycles. The summed E-state index contributed by atoms with van der Waals surface area (Å²) in [5.41, 5.74) is 3.95. The van der Waals surface area contributed by atoms with Crippen molar-refractivity contribution in [3.8, 4) is 28.4 Å². The Kier molecular flexibility index (Phi) is 12.4. The van der Waals surface area contributed by atoms with Crippen LogP contribution in [0, 0.1) is 0 Å². The zero-order valence-corrected chi connectivity index (χ0v) is 27.0. The maximum Gasteiger partial charge on any atom is 0.341 e. The SMILES string of the molecule is CCOC(=O)c1ccc(-c2ccc(OCCNC[C@@H](O)c3ccc(OCc4ccccc4)c(NS(C)(=O)=O)c3)cc2)cc1OCC. The van der Waals surface area contributed by atoms with E-state index in [4.69, 9.17) is 18.9 Å². The highest BCUT2D eigenvalue weighted by atomic mass is 32.2. The van der Waals surface area contributed by atoms with Gasteiger partial charge in [0.25, 0.3) is 0 Å². The Hall–Kier alpha value is -4.58. The van der Waals surface area contributed by atoms with E-state index >= 15 is 0 Å². The summed E-state index contributed by atoms with van der Waals surface area (Å²) in [4.78, 5) is 12.3. The molecular weight excluding hydrogens is 608 g/mol. The average molecular weight is 649 g/mol. The van der Waals surface area contributed by atoms with Gasteiger partial charge in [0.2, 0.25) is 10.0 Å². The molecule has 0 bridgehead atoms. The number of benzene rings is 4. The van der Waals surface area contributed by atoms with Crippen molar-refractivity contribution in [1.29, 1.82) is 0 Å². The van der Waals surface area contributed by atoms with Crippen LogP contribution in [0.2, 0.25) is 0 Å². The molecule has 4 rings (SSSR count). The van der Waals surface area contributed by atoms with Crippen LogP contribution in [0.4, 0.5) is 5.69 Å². The van der Waals surface area contributed by atoms with E-state index in [1.807, 2.05) is 73.7 Å². The topological polar surface area (TPSA) is 132 Å². The summed E-state index contributed by atoms with van der Waals surface area (Å²) in [5.74, 6) is 1.10. The molecule has 244 valence electrons. The largest absolute Gasteiger partial charge is 0.493 e. The first-order valence-electron chi connectivity index (χ1n) is 15.0. The van der Waals surface area contributed by atoms with Gasteiger partial charge in [-0.2, -0.15) is 0 Å². The monoisotopic (exact) mass is 648 g/mol. The van der Waals surface area contributed by atoms with Crippen LogP contribution in [-0.2, 0) is 21.4 Å². The molecule has 0 fully saturated rings. The van der Waals surface area contributed by atoms with Crippen molar-refractivity contribution in [2.45, 2.75) is 26.6 Å². The molecule has 0 heterocycles. The van der Waals surface area contributed by atoms with Crippen molar-refractivity contribution in [1.82, 2.24) is 5.32 Å². The Bertz CT molecular complexity index is 1680. The molecule has 4 aromatic carbocycles. The third-order valence-corrected chi connectivity index (χ3v) is 7.36. The molecule has 11 heteroatoms. The van der Waals surface area contributed by atoms with Gasteiger partial charge >= 0.3 is 5.97 Å². The molecule has 0 aromatic heterocycles. The maximum absolute atomic E-state index is 12.3. The number of esters is 1.